The van der Waals surface area contributed by atoms with Gasteiger partial charge in [0.15, 0.2) is 0 Å². The molecule has 102 valence electrons. The molecule has 3 heteroatoms. The van der Waals surface area contributed by atoms with Gasteiger partial charge in [-0.3, -0.25) is 0 Å². The summed E-state index contributed by atoms with van der Waals surface area (Å²) >= 11 is 0. The van der Waals surface area contributed by atoms with E-state index in [1.54, 1.807) is 7.11 Å². The number of nitrogens with zero attached hydrogens (tertiary/aromatic N) is 1. The summed E-state index contributed by atoms with van der Waals surface area (Å²) in [5.74, 6) is 0.694. The molecule has 2 aromatic rings. The van der Waals surface area contributed by atoms with E-state index >= 15 is 0 Å². The van der Waals surface area contributed by atoms with Crippen molar-refractivity contribution in [2.45, 2.75) is 13.0 Å². The van der Waals surface area contributed by atoms with Crippen LogP contribution in [-0.4, -0.2) is 7.11 Å². The van der Waals surface area contributed by atoms with Crippen LogP contribution in [0.25, 0.3) is 0 Å². The molecule has 0 aliphatic rings. The van der Waals surface area contributed by atoms with Crippen LogP contribution in [0, 0.1) is 17.2 Å². The predicted molar refractivity (Wildman–Crippen MR) is 80.6 cm³/mol. The van der Waals surface area contributed by atoms with E-state index in [1.165, 1.54) is 0 Å². The highest BCUT2D eigenvalue weighted by molar-refractivity contribution is 5.48. The zero-order valence-electron chi connectivity index (χ0n) is 11.7. The molecule has 0 heterocycles. The Morgan fingerprint density at radius 2 is 1.70 bits per heavy atom. The minimum Gasteiger partial charge on any atom is -0.497 e. The van der Waals surface area contributed by atoms with Gasteiger partial charge in [-0.25, -0.2) is 0 Å². The average molecular weight is 266 g/mol. The van der Waals surface area contributed by atoms with Crippen LogP contribution in [0.15, 0.2) is 54.6 Å². The molecular formula is C17H18N2O. The monoisotopic (exact) mass is 266 g/mol. The quantitative estimate of drug-likeness (QED) is 0.889. The van der Waals surface area contributed by atoms with Crippen molar-refractivity contribution < 1.29 is 4.74 Å². The van der Waals surface area contributed by atoms with Crippen molar-refractivity contribution in [1.29, 1.82) is 5.26 Å². The largest absolute Gasteiger partial charge is 0.497 e. The SMILES string of the molecule is COc1ccc(N[C@H](c2ccccc2)[C@@H](C)C#N)cc1. The highest BCUT2D eigenvalue weighted by Crippen LogP contribution is 2.27. The summed E-state index contributed by atoms with van der Waals surface area (Å²) in [5.41, 5.74) is 2.08. The summed E-state index contributed by atoms with van der Waals surface area (Å²) in [5, 5.41) is 12.6. The molecule has 0 amide bonds. The minimum atomic E-state index is -0.125. The molecule has 0 radical (unpaired) electrons. The second-order valence-corrected chi connectivity index (χ2v) is 4.68. The second kappa shape index (κ2) is 6.63. The lowest BCUT2D eigenvalue weighted by molar-refractivity contribution is 0.415. The molecule has 0 bridgehead atoms. The smallest absolute Gasteiger partial charge is 0.119 e. The Morgan fingerprint density at radius 1 is 1.05 bits per heavy atom. The molecule has 0 fully saturated rings. The molecule has 0 aliphatic carbocycles. The molecule has 2 aromatic carbocycles. The highest BCUT2D eigenvalue weighted by atomic mass is 16.5. The van der Waals surface area contributed by atoms with E-state index in [9.17, 15) is 5.26 Å². The van der Waals surface area contributed by atoms with Crippen molar-refractivity contribution in [2.24, 2.45) is 5.92 Å². The van der Waals surface area contributed by atoms with Gasteiger partial charge < -0.3 is 10.1 Å². The number of anilines is 1. The zero-order chi connectivity index (χ0) is 14.4. The third kappa shape index (κ3) is 3.30. The first-order chi connectivity index (χ1) is 9.74. The maximum Gasteiger partial charge on any atom is 0.119 e. The molecule has 0 aromatic heterocycles. The van der Waals surface area contributed by atoms with Gasteiger partial charge in [-0.05, 0) is 36.8 Å². The van der Waals surface area contributed by atoms with E-state index in [4.69, 9.17) is 4.74 Å². The standard InChI is InChI=1S/C17H18N2O/c1-13(12-18)17(14-6-4-3-5-7-14)19-15-8-10-16(20-2)11-9-15/h3-11,13,17,19H,1-2H3/t13-,17-/m0/s1. The van der Waals surface area contributed by atoms with Gasteiger partial charge in [-0.2, -0.15) is 5.26 Å². The van der Waals surface area contributed by atoms with Gasteiger partial charge in [0.25, 0.3) is 0 Å². The topological polar surface area (TPSA) is 45.0 Å². The fourth-order valence-electron chi connectivity index (χ4n) is 2.10. The molecule has 0 spiro atoms. The molecule has 3 nitrogen and oxygen atoms in total. The number of hydrogen-bond donors (Lipinski definition) is 1. The number of hydrogen-bond acceptors (Lipinski definition) is 3. The van der Waals surface area contributed by atoms with Crippen LogP contribution >= 0.6 is 0 Å². The molecule has 20 heavy (non-hydrogen) atoms. The van der Waals surface area contributed by atoms with Crippen molar-refractivity contribution >= 4 is 5.69 Å². The first-order valence-electron chi connectivity index (χ1n) is 6.59. The normalized spacial score (nSPS) is 13.1. The van der Waals surface area contributed by atoms with Crippen LogP contribution in [0.4, 0.5) is 5.69 Å². The molecule has 2 rings (SSSR count). The van der Waals surface area contributed by atoms with Crippen LogP contribution < -0.4 is 10.1 Å². The Hall–Kier alpha value is -2.47. The maximum atomic E-state index is 9.22. The van der Waals surface area contributed by atoms with Crippen molar-refractivity contribution in [3.8, 4) is 11.8 Å². The van der Waals surface area contributed by atoms with Gasteiger partial charge in [-0.15, -0.1) is 0 Å². The number of nitrogens with one attached hydrogen (secondary N) is 1. The third-order valence-corrected chi connectivity index (χ3v) is 3.27. The lowest BCUT2D eigenvalue weighted by Gasteiger charge is -2.22. The van der Waals surface area contributed by atoms with E-state index in [0.29, 0.717) is 0 Å². The Labute approximate surface area is 119 Å². The van der Waals surface area contributed by atoms with Gasteiger partial charge in [0.1, 0.15) is 5.75 Å². The fraction of sp³-hybridized carbons (Fsp3) is 0.235. The first-order valence-corrected chi connectivity index (χ1v) is 6.59. The summed E-state index contributed by atoms with van der Waals surface area (Å²) in [7, 11) is 1.65. The summed E-state index contributed by atoms with van der Waals surface area (Å²) in [6, 6.07) is 20.0. The number of rotatable bonds is 5. The molecular weight excluding hydrogens is 248 g/mol. The second-order valence-electron chi connectivity index (χ2n) is 4.68. The van der Waals surface area contributed by atoms with Crippen molar-refractivity contribution in [1.82, 2.24) is 0 Å². The summed E-state index contributed by atoms with van der Waals surface area (Å²) in [4.78, 5) is 0. The van der Waals surface area contributed by atoms with Crippen molar-refractivity contribution in [3.63, 3.8) is 0 Å². The molecule has 0 aliphatic heterocycles. The fourth-order valence-corrected chi connectivity index (χ4v) is 2.10. The van der Waals surface area contributed by atoms with Crippen LogP contribution in [0.1, 0.15) is 18.5 Å². The lowest BCUT2D eigenvalue weighted by Crippen LogP contribution is -2.17. The van der Waals surface area contributed by atoms with Gasteiger partial charge in [0.2, 0.25) is 0 Å². The van der Waals surface area contributed by atoms with E-state index in [0.717, 1.165) is 17.0 Å². The Kier molecular flexibility index (Phi) is 4.62. The maximum absolute atomic E-state index is 9.22. The Morgan fingerprint density at radius 3 is 2.25 bits per heavy atom. The van der Waals surface area contributed by atoms with Crippen LogP contribution in [0.5, 0.6) is 5.75 Å². The van der Waals surface area contributed by atoms with E-state index in [2.05, 4.69) is 11.4 Å². The molecule has 1 N–H and O–H groups in total. The Bertz CT molecular complexity index is 572. The van der Waals surface area contributed by atoms with Gasteiger partial charge >= 0.3 is 0 Å². The van der Waals surface area contributed by atoms with E-state index in [-0.39, 0.29) is 12.0 Å². The highest BCUT2D eigenvalue weighted by Gasteiger charge is 2.18. The summed E-state index contributed by atoms with van der Waals surface area (Å²) < 4.78 is 5.15. The van der Waals surface area contributed by atoms with Crippen molar-refractivity contribution in [3.05, 3.63) is 60.2 Å². The number of ether oxygens (including phenoxy) is 1. The minimum absolute atomic E-state index is 0.0328. The molecule has 0 saturated carbocycles. The summed E-state index contributed by atoms with van der Waals surface area (Å²) in [6.07, 6.45) is 0. The van der Waals surface area contributed by atoms with Gasteiger partial charge in [0.05, 0.1) is 25.1 Å². The molecule has 0 unspecified atom stereocenters. The van der Waals surface area contributed by atoms with Crippen LogP contribution in [0.2, 0.25) is 0 Å². The zero-order valence-corrected chi connectivity index (χ0v) is 11.7. The lowest BCUT2D eigenvalue weighted by atomic mass is 9.95. The van der Waals surface area contributed by atoms with Gasteiger partial charge in [0, 0.05) is 5.69 Å². The van der Waals surface area contributed by atoms with Gasteiger partial charge in [-0.1, -0.05) is 30.3 Å². The average Bonchev–Trinajstić information content (AvgIpc) is 2.53. The number of benzene rings is 2. The van der Waals surface area contributed by atoms with Crippen molar-refractivity contribution in [2.75, 3.05) is 12.4 Å². The first kappa shape index (κ1) is 14.0. The van der Waals surface area contributed by atoms with Crippen LogP contribution in [-0.2, 0) is 0 Å². The molecule has 2 atom stereocenters. The third-order valence-electron chi connectivity index (χ3n) is 3.27. The summed E-state index contributed by atoms with van der Waals surface area (Å²) in [6.45, 7) is 1.92. The Balaban J connectivity index is 2.22. The van der Waals surface area contributed by atoms with Crippen LogP contribution in [0.3, 0.4) is 0 Å². The molecule has 0 saturated heterocycles. The number of nitriles is 1. The predicted octanol–water partition coefficient (Wildman–Crippen LogP) is 4.01. The van der Waals surface area contributed by atoms with E-state index in [1.807, 2.05) is 61.5 Å². The van der Waals surface area contributed by atoms with E-state index < -0.39 is 0 Å². The number of methoxy groups -OCH3 is 1.